The molecule has 0 aromatic heterocycles. The molecule has 0 aliphatic carbocycles. The lowest BCUT2D eigenvalue weighted by molar-refractivity contribution is 0.0498. The Kier molecular flexibility index (Phi) is 4.41. The van der Waals surface area contributed by atoms with Crippen LogP contribution < -0.4 is 10.6 Å². The molecule has 0 bridgehead atoms. The molecular formula is C15H21N3O. The monoisotopic (exact) mass is 259 g/mol. The second-order valence-electron chi connectivity index (χ2n) is 5.15. The van der Waals surface area contributed by atoms with Gasteiger partial charge in [0.25, 0.3) is 0 Å². The lowest BCUT2D eigenvalue weighted by atomic mass is 9.94. The zero-order chi connectivity index (χ0) is 13.8. The third kappa shape index (κ3) is 2.89. The minimum Gasteiger partial charge on any atom is -0.379 e. The highest BCUT2D eigenvalue weighted by Gasteiger charge is 2.27. The van der Waals surface area contributed by atoms with Crippen molar-refractivity contribution in [3.8, 4) is 6.07 Å². The molecule has 4 nitrogen and oxygen atoms in total. The number of anilines is 1. The molecule has 1 aromatic carbocycles. The summed E-state index contributed by atoms with van der Waals surface area (Å²) in [7, 11) is 1.76. The van der Waals surface area contributed by atoms with E-state index in [1.54, 1.807) is 7.11 Å². The van der Waals surface area contributed by atoms with E-state index in [1.165, 1.54) is 0 Å². The zero-order valence-electron chi connectivity index (χ0n) is 11.6. The van der Waals surface area contributed by atoms with Crippen LogP contribution in [0.5, 0.6) is 0 Å². The lowest BCUT2D eigenvalue weighted by Gasteiger charge is -2.38. The first-order valence-corrected chi connectivity index (χ1v) is 6.70. The molecule has 0 spiro atoms. The van der Waals surface area contributed by atoms with E-state index in [4.69, 9.17) is 10.5 Å². The number of hydrogen-bond acceptors (Lipinski definition) is 4. The Hall–Kier alpha value is -1.57. The Labute approximate surface area is 114 Å². The highest BCUT2D eigenvalue weighted by molar-refractivity contribution is 5.60. The molecule has 0 saturated carbocycles. The first kappa shape index (κ1) is 13.9. The van der Waals surface area contributed by atoms with Crippen molar-refractivity contribution < 1.29 is 4.74 Å². The third-order valence-electron chi connectivity index (χ3n) is 3.95. The van der Waals surface area contributed by atoms with E-state index in [-0.39, 0.29) is 6.10 Å². The van der Waals surface area contributed by atoms with Crippen LogP contribution in [0.15, 0.2) is 18.2 Å². The summed E-state index contributed by atoms with van der Waals surface area (Å²) in [5, 5.41) is 9.30. The summed E-state index contributed by atoms with van der Waals surface area (Å²) in [4.78, 5) is 2.24. The van der Waals surface area contributed by atoms with Gasteiger partial charge in [-0.3, -0.25) is 0 Å². The third-order valence-corrected chi connectivity index (χ3v) is 3.95. The maximum Gasteiger partial charge on any atom is 0.101 e. The zero-order valence-corrected chi connectivity index (χ0v) is 11.6. The molecular weight excluding hydrogens is 238 g/mol. The van der Waals surface area contributed by atoms with Crippen molar-refractivity contribution in [3.63, 3.8) is 0 Å². The van der Waals surface area contributed by atoms with Gasteiger partial charge in [-0.25, -0.2) is 0 Å². The molecule has 102 valence electrons. The van der Waals surface area contributed by atoms with Crippen molar-refractivity contribution in [3.05, 3.63) is 29.3 Å². The van der Waals surface area contributed by atoms with Crippen molar-refractivity contribution in [2.45, 2.75) is 26.0 Å². The van der Waals surface area contributed by atoms with E-state index in [0.29, 0.717) is 18.0 Å². The Morgan fingerprint density at radius 1 is 1.53 bits per heavy atom. The topological polar surface area (TPSA) is 62.3 Å². The minimum absolute atomic E-state index is 0.231. The molecule has 1 aliphatic heterocycles. The van der Waals surface area contributed by atoms with Crippen LogP contribution in [0.2, 0.25) is 0 Å². The number of piperidine rings is 1. The van der Waals surface area contributed by atoms with E-state index in [1.807, 2.05) is 18.2 Å². The second kappa shape index (κ2) is 6.05. The summed E-state index contributed by atoms with van der Waals surface area (Å²) in [6.45, 7) is 4.49. The Morgan fingerprint density at radius 2 is 2.32 bits per heavy atom. The fourth-order valence-corrected chi connectivity index (χ4v) is 2.63. The van der Waals surface area contributed by atoms with Gasteiger partial charge in [0.15, 0.2) is 0 Å². The molecule has 1 aliphatic rings. The maximum absolute atomic E-state index is 9.30. The van der Waals surface area contributed by atoms with E-state index < -0.39 is 0 Å². The number of nitrogens with two attached hydrogens (primary N) is 1. The smallest absolute Gasteiger partial charge is 0.101 e. The highest BCUT2D eigenvalue weighted by Crippen LogP contribution is 2.27. The molecule has 19 heavy (non-hydrogen) atoms. The summed E-state index contributed by atoms with van der Waals surface area (Å²) in [6.07, 6.45) is 1.32. The molecule has 2 atom stereocenters. The van der Waals surface area contributed by atoms with E-state index >= 15 is 0 Å². The second-order valence-corrected chi connectivity index (χ2v) is 5.15. The molecule has 1 saturated heterocycles. The van der Waals surface area contributed by atoms with Gasteiger partial charge in [-0.05, 0) is 30.0 Å². The highest BCUT2D eigenvalue weighted by atomic mass is 16.5. The van der Waals surface area contributed by atoms with Crippen molar-refractivity contribution in [1.29, 1.82) is 5.26 Å². The number of nitriles is 1. The van der Waals surface area contributed by atoms with Crippen LogP contribution in [0.1, 0.15) is 24.5 Å². The average Bonchev–Trinajstić information content (AvgIpc) is 2.47. The maximum atomic E-state index is 9.30. The van der Waals surface area contributed by atoms with Crippen molar-refractivity contribution in [2.75, 3.05) is 25.1 Å². The van der Waals surface area contributed by atoms with Gasteiger partial charge in [0.2, 0.25) is 0 Å². The normalized spacial score (nSPS) is 23.2. The van der Waals surface area contributed by atoms with Crippen molar-refractivity contribution >= 4 is 5.69 Å². The molecule has 2 unspecified atom stereocenters. The molecule has 4 heteroatoms. The van der Waals surface area contributed by atoms with Crippen LogP contribution in [-0.2, 0) is 11.3 Å². The van der Waals surface area contributed by atoms with Gasteiger partial charge < -0.3 is 15.4 Å². The largest absolute Gasteiger partial charge is 0.379 e. The number of rotatable bonds is 3. The summed E-state index contributed by atoms with van der Waals surface area (Å²) in [6, 6.07) is 8.16. The quantitative estimate of drug-likeness (QED) is 0.900. The number of methoxy groups -OCH3 is 1. The summed E-state index contributed by atoms with van der Waals surface area (Å²) < 4.78 is 5.53. The fraction of sp³-hybridized carbons (Fsp3) is 0.533. The Balaban J connectivity index is 2.25. The van der Waals surface area contributed by atoms with Crippen LogP contribution in [0.25, 0.3) is 0 Å². The summed E-state index contributed by atoms with van der Waals surface area (Å²) in [5.74, 6) is 0.565. The standard InChI is InChI=1S/C15H21N3O/c1-11-5-6-18(10-15(11)19-2)14-4-3-12(8-16)7-13(14)9-17/h3-4,7,11,15H,5-6,8,10,16H2,1-2H3. The molecule has 0 amide bonds. The minimum atomic E-state index is 0.231. The van der Waals surface area contributed by atoms with Crippen LogP contribution >= 0.6 is 0 Å². The van der Waals surface area contributed by atoms with E-state index in [2.05, 4.69) is 17.9 Å². The van der Waals surface area contributed by atoms with Gasteiger partial charge in [-0.1, -0.05) is 13.0 Å². The average molecular weight is 259 g/mol. The van der Waals surface area contributed by atoms with Gasteiger partial charge in [-0.2, -0.15) is 5.26 Å². The summed E-state index contributed by atoms with van der Waals surface area (Å²) in [5.41, 5.74) is 8.31. The van der Waals surface area contributed by atoms with Gasteiger partial charge >= 0.3 is 0 Å². The molecule has 2 N–H and O–H groups in total. The Morgan fingerprint density at radius 3 is 2.95 bits per heavy atom. The summed E-state index contributed by atoms with van der Waals surface area (Å²) >= 11 is 0. The van der Waals surface area contributed by atoms with Crippen molar-refractivity contribution in [1.82, 2.24) is 0 Å². The molecule has 0 radical (unpaired) electrons. The van der Waals surface area contributed by atoms with Crippen LogP contribution in [0.3, 0.4) is 0 Å². The first-order chi connectivity index (χ1) is 9.19. The first-order valence-electron chi connectivity index (χ1n) is 6.70. The van der Waals surface area contributed by atoms with E-state index in [0.717, 1.165) is 30.8 Å². The van der Waals surface area contributed by atoms with Gasteiger partial charge in [0.05, 0.1) is 17.4 Å². The predicted octanol–water partition coefficient (Wildman–Crippen LogP) is 1.88. The molecule has 1 fully saturated rings. The van der Waals surface area contributed by atoms with Gasteiger partial charge in [0.1, 0.15) is 6.07 Å². The Bertz CT molecular complexity index is 481. The SMILES string of the molecule is COC1CN(c2ccc(CN)cc2C#N)CCC1C. The lowest BCUT2D eigenvalue weighted by Crippen LogP contribution is -2.44. The number of hydrogen-bond donors (Lipinski definition) is 1. The molecule has 2 rings (SSSR count). The van der Waals surface area contributed by atoms with Gasteiger partial charge in [0, 0.05) is 26.7 Å². The predicted molar refractivity (Wildman–Crippen MR) is 75.8 cm³/mol. The van der Waals surface area contributed by atoms with Crippen molar-refractivity contribution in [2.24, 2.45) is 11.7 Å². The van der Waals surface area contributed by atoms with E-state index in [9.17, 15) is 5.26 Å². The van der Waals surface area contributed by atoms with Crippen LogP contribution in [-0.4, -0.2) is 26.3 Å². The fourth-order valence-electron chi connectivity index (χ4n) is 2.63. The van der Waals surface area contributed by atoms with Crippen LogP contribution in [0, 0.1) is 17.2 Å². The van der Waals surface area contributed by atoms with Gasteiger partial charge in [-0.15, -0.1) is 0 Å². The number of benzene rings is 1. The van der Waals surface area contributed by atoms with Crippen LogP contribution in [0.4, 0.5) is 5.69 Å². The molecule has 1 aromatic rings. The molecule has 1 heterocycles. The number of ether oxygens (including phenoxy) is 1. The number of nitrogens with zero attached hydrogens (tertiary/aromatic N) is 2.